The average Bonchev–Trinajstić information content (AvgIpc) is 2.48. The van der Waals surface area contributed by atoms with Crippen molar-refractivity contribution in [3.63, 3.8) is 0 Å². The van der Waals surface area contributed by atoms with E-state index >= 15 is 0 Å². The molecular weight excluding hydrogens is 250 g/mol. The lowest BCUT2D eigenvalue weighted by Gasteiger charge is -2.24. The number of anilines is 1. The Hall–Kier alpha value is -1.55. The van der Waals surface area contributed by atoms with Crippen molar-refractivity contribution in [1.82, 2.24) is 10.6 Å². The van der Waals surface area contributed by atoms with Gasteiger partial charge < -0.3 is 15.5 Å². The van der Waals surface area contributed by atoms with Crippen LogP contribution in [-0.2, 0) is 0 Å². The number of amides is 1. The number of hydrogen-bond acceptors (Lipinski definition) is 3. The summed E-state index contributed by atoms with van der Waals surface area (Å²) >= 11 is 0. The second-order valence-electron chi connectivity index (χ2n) is 5.47. The summed E-state index contributed by atoms with van der Waals surface area (Å²) in [5, 5.41) is 6.42. The molecule has 1 saturated heterocycles. The Balaban J connectivity index is 1.93. The molecule has 0 bridgehead atoms. The van der Waals surface area contributed by atoms with Crippen molar-refractivity contribution >= 4 is 11.6 Å². The molecule has 4 nitrogen and oxygen atoms in total. The van der Waals surface area contributed by atoms with Crippen LogP contribution in [0.2, 0.25) is 0 Å². The SMILES string of the molecule is CCCN(C)c1ccc(C(=O)NC2CCNCC2)cc1. The molecule has 1 fully saturated rings. The molecule has 1 amide bonds. The minimum atomic E-state index is 0.0431. The van der Waals surface area contributed by atoms with Gasteiger partial charge in [-0.1, -0.05) is 6.92 Å². The molecule has 2 rings (SSSR count). The van der Waals surface area contributed by atoms with Gasteiger partial charge in [0.2, 0.25) is 0 Å². The molecule has 20 heavy (non-hydrogen) atoms. The molecule has 1 aliphatic rings. The van der Waals surface area contributed by atoms with E-state index in [-0.39, 0.29) is 5.91 Å². The molecule has 4 heteroatoms. The van der Waals surface area contributed by atoms with Gasteiger partial charge in [0, 0.05) is 30.9 Å². The van der Waals surface area contributed by atoms with Crippen molar-refractivity contribution in [2.24, 2.45) is 0 Å². The zero-order valence-electron chi connectivity index (χ0n) is 12.5. The van der Waals surface area contributed by atoms with Crippen molar-refractivity contribution < 1.29 is 4.79 Å². The van der Waals surface area contributed by atoms with E-state index in [0.717, 1.165) is 50.1 Å². The number of benzene rings is 1. The van der Waals surface area contributed by atoms with Gasteiger partial charge in [-0.2, -0.15) is 0 Å². The number of piperidine rings is 1. The second kappa shape index (κ2) is 7.29. The van der Waals surface area contributed by atoms with Gasteiger partial charge in [-0.25, -0.2) is 0 Å². The lowest BCUT2D eigenvalue weighted by Crippen LogP contribution is -2.42. The van der Waals surface area contributed by atoms with Crippen LogP contribution in [0.25, 0.3) is 0 Å². The van der Waals surface area contributed by atoms with E-state index in [1.165, 1.54) is 0 Å². The Morgan fingerprint density at radius 3 is 2.55 bits per heavy atom. The highest BCUT2D eigenvalue weighted by atomic mass is 16.1. The standard InChI is InChI=1S/C16H25N3O/c1-3-12-19(2)15-6-4-13(5-7-15)16(20)18-14-8-10-17-11-9-14/h4-7,14,17H,3,8-12H2,1-2H3,(H,18,20). The number of carbonyl (C=O) groups is 1. The Morgan fingerprint density at radius 2 is 1.95 bits per heavy atom. The smallest absolute Gasteiger partial charge is 0.251 e. The molecular formula is C16H25N3O. The highest BCUT2D eigenvalue weighted by Crippen LogP contribution is 2.14. The van der Waals surface area contributed by atoms with Crippen LogP contribution in [0.1, 0.15) is 36.5 Å². The number of hydrogen-bond donors (Lipinski definition) is 2. The third-order valence-electron chi connectivity index (χ3n) is 3.80. The van der Waals surface area contributed by atoms with Gasteiger partial charge in [0.15, 0.2) is 0 Å². The zero-order valence-corrected chi connectivity index (χ0v) is 12.5. The monoisotopic (exact) mass is 275 g/mol. The summed E-state index contributed by atoms with van der Waals surface area (Å²) < 4.78 is 0. The number of carbonyl (C=O) groups excluding carboxylic acids is 1. The van der Waals surface area contributed by atoms with E-state index in [1.807, 2.05) is 24.3 Å². The highest BCUT2D eigenvalue weighted by molar-refractivity contribution is 5.94. The Labute approximate surface area is 121 Å². The maximum Gasteiger partial charge on any atom is 0.251 e. The molecule has 0 saturated carbocycles. The summed E-state index contributed by atoms with van der Waals surface area (Å²) in [5.74, 6) is 0.0431. The first-order valence-corrected chi connectivity index (χ1v) is 7.53. The van der Waals surface area contributed by atoms with Crippen LogP contribution in [0.5, 0.6) is 0 Å². The van der Waals surface area contributed by atoms with E-state index in [1.54, 1.807) is 0 Å². The molecule has 0 atom stereocenters. The van der Waals surface area contributed by atoms with Gasteiger partial charge >= 0.3 is 0 Å². The van der Waals surface area contributed by atoms with Crippen molar-refractivity contribution in [2.45, 2.75) is 32.2 Å². The second-order valence-corrected chi connectivity index (χ2v) is 5.47. The fraction of sp³-hybridized carbons (Fsp3) is 0.562. The van der Waals surface area contributed by atoms with Crippen molar-refractivity contribution in [2.75, 3.05) is 31.6 Å². The van der Waals surface area contributed by atoms with Gasteiger partial charge in [-0.15, -0.1) is 0 Å². The molecule has 1 aromatic rings. The molecule has 1 aromatic carbocycles. The maximum atomic E-state index is 12.2. The first-order valence-electron chi connectivity index (χ1n) is 7.53. The van der Waals surface area contributed by atoms with Crippen molar-refractivity contribution in [1.29, 1.82) is 0 Å². The van der Waals surface area contributed by atoms with Crippen LogP contribution in [0.4, 0.5) is 5.69 Å². The predicted molar refractivity (Wildman–Crippen MR) is 83.4 cm³/mol. The van der Waals surface area contributed by atoms with E-state index in [4.69, 9.17) is 0 Å². The van der Waals surface area contributed by atoms with Gasteiger partial charge in [0.1, 0.15) is 0 Å². The van der Waals surface area contributed by atoms with Crippen LogP contribution >= 0.6 is 0 Å². The molecule has 0 aliphatic carbocycles. The molecule has 110 valence electrons. The minimum absolute atomic E-state index is 0.0431. The van der Waals surface area contributed by atoms with E-state index in [0.29, 0.717) is 6.04 Å². The summed E-state index contributed by atoms with van der Waals surface area (Å²) in [5.41, 5.74) is 1.91. The van der Waals surface area contributed by atoms with Crippen LogP contribution in [0, 0.1) is 0 Å². The predicted octanol–water partition coefficient (Wildman–Crippen LogP) is 2.01. The summed E-state index contributed by atoms with van der Waals surface area (Å²) in [4.78, 5) is 14.4. The average molecular weight is 275 g/mol. The summed E-state index contributed by atoms with van der Waals surface area (Å²) in [7, 11) is 2.08. The topological polar surface area (TPSA) is 44.4 Å². The molecule has 2 N–H and O–H groups in total. The van der Waals surface area contributed by atoms with Crippen molar-refractivity contribution in [3.8, 4) is 0 Å². The van der Waals surface area contributed by atoms with E-state index in [9.17, 15) is 4.79 Å². The normalized spacial score (nSPS) is 15.9. The molecule has 0 spiro atoms. The van der Waals surface area contributed by atoms with Crippen LogP contribution in [-0.4, -0.2) is 38.6 Å². The summed E-state index contributed by atoms with van der Waals surface area (Å²) in [6.45, 7) is 5.18. The van der Waals surface area contributed by atoms with E-state index < -0.39 is 0 Å². The van der Waals surface area contributed by atoms with Crippen LogP contribution < -0.4 is 15.5 Å². The largest absolute Gasteiger partial charge is 0.375 e. The third-order valence-corrected chi connectivity index (χ3v) is 3.80. The van der Waals surface area contributed by atoms with Crippen molar-refractivity contribution in [3.05, 3.63) is 29.8 Å². The third kappa shape index (κ3) is 3.97. The van der Waals surface area contributed by atoms with E-state index in [2.05, 4.69) is 29.5 Å². The Bertz CT molecular complexity index is 424. The number of nitrogens with zero attached hydrogens (tertiary/aromatic N) is 1. The molecule has 0 unspecified atom stereocenters. The molecule has 0 aromatic heterocycles. The highest BCUT2D eigenvalue weighted by Gasteiger charge is 2.16. The van der Waals surface area contributed by atoms with Gasteiger partial charge in [0.05, 0.1) is 0 Å². The summed E-state index contributed by atoms with van der Waals surface area (Å²) in [6, 6.07) is 8.18. The first kappa shape index (κ1) is 14.9. The number of rotatable bonds is 5. The Kier molecular flexibility index (Phi) is 5.41. The zero-order chi connectivity index (χ0) is 14.4. The molecule has 1 aliphatic heterocycles. The van der Waals surface area contributed by atoms with Gasteiger partial charge in [-0.05, 0) is 56.6 Å². The minimum Gasteiger partial charge on any atom is -0.375 e. The molecule has 0 radical (unpaired) electrons. The Morgan fingerprint density at radius 1 is 1.30 bits per heavy atom. The quantitative estimate of drug-likeness (QED) is 0.864. The summed E-state index contributed by atoms with van der Waals surface area (Å²) in [6.07, 6.45) is 3.15. The van der Waals surface area contributed by atoms with Crippen LogP contribution in [0.3, 0.4) is 0 Å². The molecule has 1 heterocycles. The van der Waals surface area contributed by atoms with Crippen LogP contribution in [0.15, 0.2) is 24.3 Å². The lowest BCUT2D eigenvalue weighted by atomic mass is 10.1. The first-order chi connectivity index (χ1) is 9.70. The lowest BCUT2D eigenvalue weighted by molar-refractivity contribution is 0.0929. The fourth-order valence-corrected chi connectivity index (χ4v) is 2.57. The number of nitrogens with one attached hydrogen (secondary N) is 2. The van der Waals surface area contributed by atoms with Gasteiger partial charge in [0.25, 0.3) is 5.91 Å². The maximum absolute atomic E-state index is 12.2. The van der Waals surface area contributed by atoms with Gasteiger partial charge in [-0.3, -0.25) is 4.79 Å². The fourth-order valence-electron chi connectivity index (χ4n) is 2.57.